The Bertz CT molecular complexity index is 277. The largest absolute Gasteiger partial charge is 0.357 e. The van der Waals surface area contributed by atoms with E-state index in [4.69, 9.17) is 0 Å². The van der Waals surface area contributed by atoms with E-state index in [2.05, 4.69) is 6.58 Å². The Morgan fingerprint density at radius 1 is 1.46 bits per heavy atom. The molecule has 0 atom stereocenters. The van der Waals surface area contributed by atoms with E-state index in [-0.39, 0.29) is 6.42 Å². The highest BCUT2D eigenvalue weighted by molar-refractivity contribution is 5.46. The Balaban J connectivity index is 2.80. The van der Waals surface area contributed by atoms with E-state index in [0.29, 0.717) is 5.57 Å². The summed E-state index contributed by atoms with van der Waals surface area (Å²) in [4.78, 5) is 1.78. The summed E-state index contributed by atoms with van der Waals surface area (Å²) < 4.78 is 24.3. The van der Waals surface area contributed by atoms with Gasteiger partial charge in [0.1, 0.15) is 0 Å². The summed E-state index contributed by atoms with van der Waals surface area (Å²) in [5.41, 5.74) is 2.29. The molecule has 0 aromatic carbocycles. The van der Waals surface area contributed by atoms with Crippen LogP contribution in [-0.4, -0.2) is 18.4 Å². The molecule has 0 spiro atoms. The van der Waals surface area contributed by atoms with Gasteiger partial charge >= 0.3 is 0 Å². The molecule has 0 radical (unpaired) electrons. The Morgan fingerprint density at radius 2 is 2.08 bits per heavy atom. The molecule has 0 fully saturated rings. The molecule has 13 heavy (non-hydrogen) atoms. The predicted molar refractivity (Wildman–Crippen MR) is 49.4 cm³/mol. The summed E-state index contributed by atoms with van der Waals surface area (Å²) in [7, 11) is 1.82. The Labute approximate surface area is 77.0 Å². The molecule has 0 amide bonds. The maximum absolute atomic E-state index is 12.1. The molecule has 72 valence electrons. The summed E-state index contributed by atoms with van der Waals surface area (Å²) in [5, 5.41) is 0. The third kappa shape index (κ3) is 2.41. The molecule has 0 saturated heterocycles. The van der Waals surface area contributed by atoms with E-state index in [9.17, 15) is 8.78 Å². The molecule has 0 saturated carbocycles. The van der Waals surface area contributed by atoms with Crippen molar-refractivity contribution in [3.05, 3.63) is 35.7 Å². The lowest BCUT2D eigenvalue weighted by atomic mass is 9.97. The minimum absolute atomic E-state index is 0.214. The van der Waals surface area contributed by atoms with Crippen LogP contribution in [0.3, 0.4) is 0 Å². The second-order valence-corrected chi connectivity index (χ2v) is 3.21. The molecular weight excluding hydrogens is 172 g/mol. The average molecular weight is 185 g/mol. The molecule has 0 aromatic heterocycles. The van der Waals surface area contributed by atoms with Crippen LogP contribution in [0.2, 0.25) is 0 Å². The summed E-state index contributed by atoms with van der Waals surface area (Å²) in [6.45, 7) is 5.64. The van der Waals surface area contributed by atoms with Crippen molar-refractivity contribution >= 4 is 0 Å². The van der Waals surface area contributed by atoms with Crippen molar-refractivity contribution in [1.82, 2.24) is 4.90 Å². The van der Waals surface area contributed by atoms with Gasteiger partial charge in [-0.05, 0) is 23.6 Å². The number of hydrogen-bond acceptors (Lipinski definition) is 1. The molecule has 0 bridgehead atoms. The number of halogens is 2. The van der Waals surface area contributed by atoms with Crippen LogP contribution in [0.15, 0.2) is 35.7 Å². The number of alkyl halides is 2. The molecule has 0 aliphatic carbocycles. The van der Waals surface area contributed by atoms with E-state index < -0.39 is 6.43 Å². The predicted octanol–water partition coefficient (Wildman–Crippen LogP) is 2.93. The summed E-state index contributed by atoms with van der Waals surface area (Å²) in [6.07, 6.45) is 1.05. The van der Waals surface area contributed by atoms with Gasteiger partial charge in [-0.1, -0.05) is 6.58 Å². The zero-order valence-corrected chi connectivity index (χ0v) is 7.85. The van der Waals surface area contributed by atoms with Crippen molar-refractivity contribution < 1.29 is 8.78 Å². The van der Waals surface area contributed by atoms with Crippen LogP contribution >= 0.6 is 0 Å². The molecule has 1 aliphatic rings. The molecule has 3 heteroatoms. The minimum Gasteiger partial charge on any atom is -0.357 e. The first-order valence-corrected chi connectivity index (χ1v) is 4.09. The fourth-order valence-electron chi connectivity index (χ4n) is 1.34. The molecule has 1 heterocycles. The highest BCUT2D eigenvalue weighted by atomic mass is 19.3. The Morgan fingerprint density at radius 3 is 2.62 bits per heavy atom. The van der Waals surface area contributed by atoms with Crippen LogP contribution in [-0.2, 0) is 0 Å². The highest BCUT2D eigenvalue weighted by Crippen LogP contribution is 2.27. The molecule has 1 nitrogen and oxygen atoms in total. The van der Waals surface area contributed by atoms with Crippen LogP contribution in [0, 0.1) is 0 Å². The molecule has 1 aliphatic heterocycles. The fourth-order valence-corrected chi connectivity index (χ4v) is 1.34. The van der Waals surface area contributed by atoms with Crippen molar-refractivity contribution in [3.8, 4) is 0 Å². The summed E-state index contributed by atoms with van der Waals surface area (Å²) >= 11 is 0. The number of hydrogen-bond donors (Lipinski definition) is 0. The monoisotopic (exact) mass is 185 g/mol. The van der Waals surface area contributed by atoms with Crippen LogP contribution in [0.1, 0.15) is 13.3 Å². The highest BCUT2D eigenvalue weighted by Gasteiger charge is 2.15. The standard InChI is InChI=1S/C10H13F2N/c1-7-5-13(3)6-9(8(7)2)4-10(11)12/h5-6,10H,2,4H2,1,3H3. The van der Waals surface area contributed by atoms with Gasteiger partial charge in [0.25, 0.3) is 0 Å². The van der Waals surface area contributed by atoms with Crippen molar-refractivity contribution in [2.75, 3.05) is 7.05 Å². The SMILES string of the molecule is C=C1C(C)=CN(C)C=C1CC(F)F. The van der Waals surface area contributed by atoms with Gasteiger partial charge in [0, 0.05) is 25.9 Å². The van der Waals surface area contributed by atoms with Gasteiger partial charge in [-0.25, -0.2) is 8.78 Å². The van der Waals surface area contributed by atoms with E-state index in [0.717, 1.165) is 11.1 Å². The third-order valence-electron chi connectivity index (χ3n) is 1.99. The molecule has 1 rings (SSSR count). The van der Waals surface area contributed by atoms with Gasteiger partial charge in [-0.2, -0.15) is 0 Å². The smallest absolute Gasteiger partial charge is 0.242 e. The van der Waals surface area contributed by atoms with E-state index in [1.54, 1.807) is 11.1 Å². The van der Waals surface area contributed by atoms with Crippen LogP contribution in [0.4, 0.5) is 8.78 Å². The second-order valence-electron chi connectivity index (χ2n) is 3.21. The first-order chi connectivity index (χ1) is 6.00. The topological polar surface area (TPSA) is 3.24 Å². The molecule has 0 N–H and O–H groups in total. The first kappa shape index (κ1) is 9.96. The van der Waals surface area contributed by atoms with Gasteiger partial charge in [-0.15, -0.1) is 0 Å². The van der Waals surface area contributed by atoms with Crippen molar-refractivity contribution in [2.24, 2.45) is 0 Å². The average Bonchev–Trinajstić information content (AvgIpc) is 1.98. The maximum Gasteiger partial charge on any atom is 0.242 e. The summed E-state index contributed by atoms with van der Waals surface area (Å²) in [5.74, 6) is 0. The Hall–Kier alpha value is -1.12. The van der Waals surface area contributed by atoms with E-state index in [1.165, 1.54) is 0 Å². The normalized spacial score (nSPS) is 17.6. The van der Waals surface area contributed by atoms with Crippen molar-refractivity contribution in [1.29, 1.82) is 0 Å². The van der Waals surface area contributed by atoms with Crippen molar-refractivity contribution in [3.63, 3.8) is 0 Å². The van der Waals surface area contributed by atoms with Gasteiger partial charge in [-0.3, -0.25) is 0 Å². The van der Waals surface area contributed by atoms with E-state index in [1.807, 2.05) is 20.2 Å². The quantitative estimate of drug-likeness (QED) is 0.639. The molecule has 0 unspecified atom stereocenters. The zero-order chi connectivity index (χ0) is 10.0. The van der Waals surface area contributed by atoms with Crippen LogP contribution in [0.5, 0.6) is 0 Å². The number of allylic oxidation sites excluding steroid dienone is 3. The van der Waals surface area contributed by atoms with Crippen LogP contribution in [0.25, 0.3) is 0 Å². The lowest BCUT2D eigenvalue weighted by molar-refractivity contribution is 0.149. The minimum atomic E-state index is -2.30. The summed E-state index contributed by atoms with van der Waals surface area (Å²) in [6, 6.07) is 0. The number of rotatable bonds is 2. The lowest BCUT2D eigenvalue weighted by Crippen LogP contribution is -2.12. The maximum atomic E-state index is 12.1. The van der Waals surface area contributed by atoms with Crippen LogP contribution < -0.4 is 0 Å². The van der Waals surface area contributed by atoms with Gasteiger partial charge < -0.3 is 4.90 Å². The Kier molecular flexibility index (Phi) is 2.86. The first-order valence-electron chi connectivity index (χ1n) is 4.09. The van der Waals surface area contributed by atoms with Gasteiger partial charge in [0.05, 0.1) is 0 Å². The molecular formula is C10H13F2N. The van der Waals surface area contributed by atoms with E-state index >= 15 is 0 Å². The lowest BCUT2D eigenvalue weighted by Gasteiger charge is -2.22. The fraction of sp³-hybridized carbons (Fsp3) is 0.400. The molecule has 0 aromatic rings. The van der Waals surface area contributed by atoms with Gasteiger partial charge in [0.15, 0.2) is 0 Å². The second kappa shape index (κ2) is 3.73. The van der Waals surface area contributed by atoms with Gasteiger partial charge in [0.2, 0.25) is 6.43 Å². The zero-order valence-electron chi connectivity index (χ0n) is 7.85. The number of nitrogens with zero attached hydrogens (tertiary/aromatic N) is 1. The van der Waals surface area contributed by atoms with Crippen molar-refractivity contribution in [2.45, 2.75) is 19.8 Å². The third-order valence-corrected chi connectivity index (χ3v) is 1.99.